The number of imidazole rings is 1. The summed E-state index contributed by atoms with van der Waals surface area (Å²) in [5.41, 5.74) is 1.99. The number of nitrogens with zero attached hydrogens (tertiary/aromatic N) is 3. The molecular formula is C19H19FN4OS. The number of fused-ring (bicyclic) bond motifs is 1. The van der Waals surface area contributed by atoms with Gasteiger partial charge >= 0.3 is 0 Å². The minimum Gasteiger partial charge on any atom is -0.340 e. The number of aromatic nitrogens is 3. The number of H-pyrrole nitrogens is 1. The minimum atomic E-state index is -0.302. The molecule has 0 bridgehead atoms. The zero-order valence-corrected chi connectivity index (χ0v) is 15.2. The van der Waals surface area contributed by atoms with E-state index < -0.39 is 0 Å². The van der Waals surface area contributed by atoms with Crippen LogP contribution in [0.2, 0.25) is 0 Å². The van der Waals surface area contributed by atoms with Crippen molar-refractivity contribution in [3.8, 4) is 0 Å². The third kappa shape index (κ3) is 3.07. The third-order valence-corrected chi connectivity index (χ3v) is 5.45. The van der Waals surface area contributed by atoms with Crippen LogP contribution >= 0.6 is 11.8 Å². The maximum atomic E-state index is 13.5. The molecule has 134 valence electrons. The topological polar surface area (TPSA) is 61.9 Å². The number of thioether (sulfide) groups is 1. The van der Waals surface area contributed by atoms with Crippen molar-refractivity contribution in [2.45, 2.75) is 30.3 Å². The molecule has 1 aliphatic rings. The summed E-state index contributed by atoms with van der Waals surface area (Å²) >= 11 is 1.47. The smallest absolute Gasteiger partial charge is 0.257 e. The van der Waals surface area contributed by atoms with Crippen LogP contribution in [-0.2, 0) is 0 Å². The largest absolute Gasteiger partial charge is 0.340 e. The van der Waals surface area contributed by atoms with Gasteiger partial charge in [-0.2, -0.15) is 0 Å². The van der Waals surface area contributed by atoms with E-state index in [1.807, 2.05) is 17.2 Å². The molecule has 1 unspecified atom stereocenters. The normalized spacial score (nSPS) is 17.6. The highest BCUT2D eigenvalue weighted by molar-refractivity contribution is 7.98. The second-order valence-electron chi connectivity index (χ2n) is 6.35. The first-order valence-corrected chi connectivity index (χ1v) is 9.85. The highest BCUT2D eigenvalue weighted by atomic mass is 32.2. The molecule has 1 saturated heterocycles. The molecule has 26 heavy (non-hydrogen) atoms. The van der Waals surface area contributed by atoms with Crippen LogP contribution in [0.5, 0.6) is 0 Å². The van der Waals surface area contributed by atoms with Gasteiger partial charge in [0.05, 0.1) is 22.6 Å². The zero-order chi connectivity index (χ0) is 18.1. The average molecular weight is 370 g/mol. The molecule has 1 fully saturated rings. The van der Waals surface area contributed by atoms with Crippen LogP contribution in [0.1, 0.15) is 41.5 Å². The number of aromatic amines is 1. The summed E-state index contributed by atoms with van der Waals surface area (Å²) in [6.07, 6.45) is 6.45. The number of rotatable bonds is 3. The van der Waals surface area contributed by atoms with Crippen LogP contribution < -0.4 is 0 Å². The molecule has 1 amide bonds. The molecule has 7 heteroatoms. The van der Waals surface area contributed by atoms with Gasteiger partial charge < -0.3 is 9.88 Å². The van der Waals surface area contributed by atoms with Gasteiger partial charge in [-0.15, -0.1) is 11.8 Å². The fourth-order valence-corrected chi connectivity index (χ4v) is 4.03. The van der Waals surface area contributed by atoms with E-state index >= 15 is 0 Å². The van der Waals surface area contributed by atoms with Crippen molar-refractivity contribution in [2.75, 3.05) is 12.8 Å². The van der Waals surface area contributed by atoms with E-state index in [2.05, 4.69) is 15.0 Å². The Hall–Kier alpha value is -2.41. The molecule has 3 aromatic rings. The molecular weight excluding hydrogens is 351 g/mol. The Balaban J connectivity index is 1.70. The number of carbonyl (C=O) groups excluding carboxylic acids is 1. The average Bonchev–Trinajstić information content (AvgIpc) is 3.10. The highest BCUT2D eigenvalue weighted by Crippen LogP contribution is 2.33. The van der Waals surface area contributed by atoms with Gasteiger partial charge in [-0.3, -0.25) is 4.79 Å². The van der Waals surface area contributed by atoms with Crippen molar-refractivity contribution >= 4 is 28.7 Å². The Morgan fingerprint density at radius 2 is 2.23 bits per heavy atom. The quantitative estimate of drug-likeness (QED) is 0.703. The van der Waals surface area contributed by atoms with Crippen molar-refractivity contribution in [3.05, 3.63) is 53.7 Å². The Morgan fingerprint density at radius 3 is 3.08 bits per heavy atom. The van der Waals surface area contributed by atoms with Gasteiger partial charge in [-0.25, -0.2) is 14.4 Å². The van der Waals surface area contributed by atoms with Crippen molar-refractivity contribution in [3.63, 3.8) is 0 Å². The van der Waals surface area contributed by atoms with E-state index in [4.69, 9.17) is 0 Å². The van der Waals surface area contributed by atoms with Crippen LogP contribution in [0.4, 0.5) is 4.39 Å². The van der Waals surface area contributed by atoms with Crippen LogP contribution in [0.25, 0.3) is 11.0 Å². The van der Waals surface area contributed by atoms with E-state index in [1.165, 1.54) is 23.9 Å². The van der Waals surface area contributed by atoms with Gasteiger partial charge in [0.25, 0.3) is 5.91 Å². The summed E-state index contributed by atoms with van der Waals surface area (Å²) in [6, 6.07) is 7.97. The predicted octanol–water partition coefficient (Wildman–Crippen LogP) is 4.19. The Kier molecular flexibility index (Phi) is 4.63. The lowest BCUT2D eigenvalue weighted by molar-refractivity contribution is 0.0597. The van der Waals surface area contributed by atoms with E-state index in [1.54, 1.807) is 18.3 Å². The van der Waals surface area contributed by atoms with Crippen LogP contribution in [-0.4, -0.2) is 38.6 Å². The number of carbonyl (C=O) groups is 1. The molecule has 1 aliphatic heterocycles. The maximum absolute atomic E-state index is 13.5. The molecule has 0 spiro atoms. The first-order valence-electron chi connectivity index (χ1n) is 8.62. The van der Waals surface area contributed by atoms with Gasteiger partial charge in [0.15, 0.2) is 0 Å². The molecule has 1 atom stereocenters. The van der Waals surface area contributed by atoms with Crippen LogP contribution in [0.15, 0.2) is 41.6 Å². The molecule has 3 heterocycles. The van der Waals surface area contributed by atoms with Gasteiger partial charge in [0, 0.05) is 12.7 Å². The highest BCUT2D eigenvalue weighted by Gasteiger charge is 2.32. The van der Waals surface area contributed by atoms with Gasteiger partial charge in [-0.05, 0) is 55.9 Å². The predicted molar refractivity (Wildman–Crippen MR) is 99.7 cm³/mol. The summed E-state index contributed by atoms with van der Waals surface area (Å²) < 4.78 is 13.5. The fourth-order valence-electron chi connectivity index (χ4n) is 3.49. The first-order chi connectivity index (χ1) is 12.7. The fraction of sp³-hybridized carbons (Fsp3) is 0.316. The van der Waals surface area contributed by atoms with Crippen molar-refractivity contribution in [2.24, 2.45) is 0 Å². The molecule has 0 aliphatic carbocycles. The standard InChI is InChI=1S/C19H19FN4OS/c1-26-18-13(5-4-9-21-18)19(25)24-10-3-2-6-16(24)17-22-14-8-7-12(20)11-15(14)23-17/h4-5,7-9,11,16H,2-3,6,10H2,1H3,(H,22,23). The number of halogens is 1. The van der Waals surface area contributed by atoms with E-state index in [-0.39, 0.29) is 17.8 Å². The second kappa shape index (κ2) is 7.07. The zero-order valence-electron chi connectivity index (χ0n) is 14.4. The maximum Gasteiger partial charge on any atom is 0.257 e. The number of piperidine rings is 1. The van der Waals surface area contributed by atoms with E-state index in [9.17, 15) is 9.18 Å². The minimum absolute atomic E-state index is 0.0289. The second-order valence-corrected chi connectivity index (χ2v) is 7.15. The number of pyridine rings is 1. The number of benzene rings is 1. The first kappa shape index (κ1) is 17.0. The monoisotopic (exact) mass is 370 g/mol. The lowest BCUT2D eigenvalue weighted by Crippen LogP contribution is -2.39. The van der Waals surface area contributed by atoms with Crippen molar-refractivity contribution < 1.29 is 9.18 Å². The number of hydrogen-bond acceptors (Lipinski definition) is 4. The Labute approximate surface area is 155 Å². The molecule has 0 saturated carbocycles. The SMILES string of the molecule is CSc1ncccc1C(=O)N1CCCCC1c1nc2ccc(F)cc2[nH]1. The molecule has 0 radical (unpaired) electrons. The lowest BCUT2D eigenvalue weighted by atomic mass is 10.0. The van der Waals surface area contributed by atoms with Gasteiger partial charge in [-0.1, -0.05) is 0 Å². The van der Waals surface area contributed by atoms with Gasteiger partial charge in [0.1, 0.15) is 16.7 Å². The number of amides is 1. The van der Waals surface area contributed by atoms with Crippen molar-refractivity contribution in [1.82, 2.24) is 19.9 Å². The number of likely N-dealkylation sites (tertiary alicyclic amines) is 1. The summed E-state index contributed by atoms with van der Waals surface area (Å²) in [5, 5.41) is 0.730. The number of nitrogens with one attached hydrogen (secondary N) is 1. The summed E-state index contributed by atoms with van der Waals surface area (Å²) in [4.78, 5) is 27.2. The summed E-state index contributed by atoms with van der Waals surface area (Å²) in [6.45, 7) is 0.678. The molecule has 4 rings (SSSR count). The molecule has 1 N–H and O–H groups in total. The van der Waals surface area contributed by atoms with Gasteiger partial charge in [0.2, 0.25) is 0 Å². The summed E-state index contributed by atoms with van der Waals surface area (Å²) in [5.74, 6) is 0.385. The third-order valence-electron chi connectivity index (χ3n) is 4.74. The lowest BCUT2D eigenvalue weighted by Gasteiger charge is -2.34. The van der Waals surface area contributed by atoms with Crippen LogP contribution in [0.3, 0.4) is 0 Å². The number of hydrogen-bond donors (Lipinski definition) is 1. The molecule has 1 aromatic carbocycles. The Bertz CT molecular complexity index is 958. The summed E-state index contributed by atoms with van der Waals surface area (Å²) in [7, 11) is 0. The molecule has 2 aromatic heterocycles. The van der Waals surface area contributed by atoms with Crippen LogP contribution in [0, 0.1) is 5.82 Å². The van der Waals surface area contributed by atoms with Crippen molar-refractivity contribution in [1.29, 1.82) is 0 Å². The molecule has 5 nitrogen and oxygen atoms in total. The van der Waals surface area contributed by atoms with E-state index in [0.29, 0.717) is 29.0 Å². The van der Waals surface area contributed by atoms with E-state index in [0.717, 1.165) is 24.3 Å². The Morgan fingerprint density at radius 1 is 1.35 bits per heavy atom.